The van der Waals surface area contributed by atoms with Crippen molar-refractivity contribution in [2.24, 2.45) is 11.8 Å². The SMILES string of the molecule is CC(=O)N[C@H]1C(OC(C)=O)O[C@H](COC(C)=O)[C@H](C)[C@@H]1C. The van der Waals surface area contributed by atoms with E-state index in [1.807, 2.05) is 13.8 Å². The first-order chi connectivity index (χ1) is 9.72. The third kappa shape index (κ3) is 5.00. The minimum atomic E-state index is -0.891. The molecule has 5 atom stereocenters. The lowest BCUT2D eigenvalue weighted by atomic mass is 9.82. The van der Waals surface area contributed by atoms with Gasteiger partial charge in [-0.05, 0) is 11.8 Å². The Morgan fingerprint density at radius 2 is 1.67 bits per heavy atom. The average molecular weight is 301 g/mol. The molecule has 21 heavy (non-hydrogen) atoms. The fraction of sp³-hybridized carbons (Fsp3) is 0.786. The second-order valence-corrected chi connectivity index (χ2v) is 5.40. The summed E-state index contributed by atoms with van der Waals surface area (Å²) in [6.07, 6.45) is -1.28. The van der Waals surface area contributed by atoms with Gasteiger partial charge in [0.2, 0.25) is 12.2 Å². The maximum atomic E-state index is 11.3. The quantitative estimate of drug-likeness (QED) is 0.765. The van der Waals surface area contributed by atoms with Crippen LogP contribution in [0.25, 0.3) is 0 Å². The molecular formula is C14H23NO6. The largest absolute Gasteiger partial charge is 0.463 e. The summed E-state index contributed by atoms with van der Waals surface area (Å²) in [5.74, 6) is -1.10. The lowest BCUT2D eigenvalue weighted by Gasteiger charge is -2.43. The van der Waals surface area contributed by atoms with Crippen molar-refractivity contribution in [3.05, 3.63) is 0 Å². The molecule has 1 unspecified atom stereocenters. The van der Waals surface area contributed by atoms with Crippen LogP contribution in [0.3, 0.4) is 0 Å². The number of hydrogen-bond donors (Lipinski definition) is 1. The maximum Gasteiger partial charge on any atom is 0.305 e. The van der Waals surface area contributed by atoms with Crippen molar-refractivity contribution in [3.63, 3.8) is 0 Å². The minimum Gasteiger partial charge on any atom is -0.463 e. The van der Waals surface area contributed by atoms with Gasteiger partial charge >= 0.3 is 11.9 Å². The highest BCUT2D eigenvalue weighted by Gasteiger charge is 2.43. The Morgan fingerprint density at radius 1 is 1.05 bits per heavy atom. The fourth-order valence-electron chi connectivity index (χ4n) is 2.38. The topological polar surface area (TPSA) is 90.9 Å². The Balaban J connectivity index is 2.84. The molecule has 7 heteroatoms. The van der Waals surface area contributed by atoms with Gasteiger partial charge in [-0.2, -0.15) is 0 Å². The first kappa shape index (κ1) is 17.4. The van der Waals surface area contributed by atoms with Crippen LogP contribution in [0, 0.1) is 11.8 Å². The summed E-state index contributed by atoms with van der Waals surface area (Å²) in [7, 11) is 0. The Morgan fingerprint density at radius 3 is 2.14 bits per heavy atom. The molecule has 1 fully saturated rings. The lowest BCUT2D eigenvalue weighted by Crippen LogP contribution is -2.58. The van der Waals surface area contributed by atoms with Crippen LogP contribution in [-0.4, -0.2) is 42.9 Å². The van der Waals surface area contributed by atoms with Crippen LogP contribution < -0.4 is 5.32 Å². The highest BCUT2D eigenvalue weighted by molar-refractivity contribution is 5.73. The predicted octanol–water partition coefficient (Wildman–Crippen LogP) is 0.614. The van der Waals surface area contributed by atoms with Crippen LogP contribution in [0.15, 0.2) is 0 Å². The van der Waals surface area contributed by atoms with Crippen molar-refractivity contribution in [1.29, 1.82) is 0 Å². The molecule has 1 aliphatic heterocycles. The number of rotatable bonds is 4. The Kier molecular flexibility index (Phi) is 6.14. The molecule has 120 valence electrons. The molecule has 0 saturated carbocycles. The first-order valence-electron chi connectivity index (χ1n) is 6.95. The summed E-state index contributed by atoms with van der Waals surface area (Å²) >= 11 is 0. The van der Waals surface area contributed by atoms with Crippen LogP contribution in [0.5, 0.6) is 0 Å². The van der Waals surface area contributed by atoms with Gasteiger partial charge in [-0.1, -0.05) is 13.8 Å². The number of esters is 2. The Hall–Kier alpha value is -1.63. The molecule has 0 aromatic rings. The van der Waals surface area contributed by atoms with E-state index in [1.54, 1.807) is 0 Å². The summed E-state index contributed by atoms with van der Waals surface area (Å²) < 4.78 is 15.8. The minimum absolute atomic E-state index is 0.00689. The van der Waals surface area contributed by atoms with E-state index in [0.717, 1.165) is 0 Å². The van der Waals surface area contributed by atoms with Gasteiger partial charge in [0.25, 0.3) is 0 Å². The summed E-state index contributed by atoms with van der Waals surface area (Å²) in [5, 5.41) is 2.75. The number of carbonyl (C=O) groups excluding carboxylic acids is 3. The van der Waals surface area contributed by atoms with Gasteiger partial charge in [0.1, 0.15) is 6.61 Å². The predicted molar refractivity (Wildman–Crippen MR) is 73.0 cm³/mol. The molecule has 1 heterocycles. The number of nitrogens with one attached hydrogen (secondary N) is 1. The van der Waals surface area contributed by atoms with Gasteiger partial charge in [0, 0.05) is 20.8 Å². The Bertz CT molecular complexity index is 408. The number of amides is 1. The van der Waals surface area contributed by atoms with Crippen LogP contribution >= 0.6 is 0 Å². The molecule has 0 radical (unpaired) electrons. The molecule has 1 saturated heterocycles. The molecule has 0 aromatic carbocycles. The third-order valence-corrected chi connectivity index (χ3v) is 3.69. The van der Waals surface area contributed by atoms with E-state index in [1.165, 1.54) is 20.8 Å². The molecule has 1 amide bonds. The molecule has 1 aliphatic rings. The molecule has 1 rings (SSSR count). The molecule has 7 nitrogen and oxygen atoms in total. The van der Waals surface area contributed by atoms with Gasteiger partial charge in [0.15, 0.2) is 0 Å². The molecular weight excluding hydrogens is 278 g/mol. The number of ether oxygens (including phenoxy) is 3. The second-order valence-electron chi connectivity index (χ2n) is 5.40. The molecule has 0 spiro atoms. The van der Waals surface area contributed by atoms with Gasteiger partial charge in [-0.25, -0.2) is 0 Å². The van der Waals surface area contributed by atoms with E-state index >= 15 is 0 Å². The highest BCUT2D eigenvalue weighted by atomic mass is 16.7. The molecule has 0 aromatic heterocycles. The molecule has 0 bridgehead atoms. The zero-order valence-electron chi connectivity index (χ0n) is 13.0. The van der Waals surface area contributed by atoms with Crippen LogP contribution in [0.1, 0.15) is 34.6 Å². The van der Waals surface area contributed by atoms with Gasteiger partial charge in [-0.15, -0.1) is 0 Å². The first-order valence-corrected chi connectivity index (χ1v) is 6.95. The van der Waals surface area contributed by atoms with Gasteiger partial charge < -0.3 is 19.5 Å². The van der Waals surface area contributed by atoms with Gasteiger partial charge in [-0.3, -0.25) is 14.4 Å². The molecule has 0 aliphatic carbocycles. The van der Waals surface area contributed by atoms with E-state index in [4.69, 9.17) is 14.2 Å². The summed E-state index contributed by atoms with van der Waals surface area (Å²) in [6, 6.07) is -0.435. The van der Waals surface area contributed by atoms with Crippen LogP contribution in [0.2, 0.25) is 0 Å². The zero-order valence-corrected chi connectivity index (χ0v) is 13.0. The second kappa shape index (κ2) is 7.40. The molecule has 1 N–H and O–H groups in total. The third-order valence-electron chi connectivity index (χ3n) is 3.69. The monoisotopic (exact) mass is 301 g/mol. The normalized spacial score (nSPS) is 32.1. The van der Waals surface area contributed by atoms with Crippen molar-refractivity contribution in [2.45, 2.75) is 53.1 Å². The van der Waals surface area contributed by atoms with Crippen LogP contribution in [-0.2, 0) is 28.6 Å². The summed E-state index contributed by atoms with van der Waals surface area (Å²) in [6.45, 7) is 7.96. The lowest BCUT2D eigenvalue weighted by molar-refractivity contribution is -0.238. The number of carbonyl (C=O) groups is 3. The fourth-order valence-corrected chi connectivity index (χ4v) is 2.38. The van der Waals surface area contributed by atoms with E-state index in [0.29, 0.717) is 0 Å². The van der Waals surface area contributed by atoms with E-state index in [2.05, 4.69) is 5.32 Å². The van der Waals surface area contributed by atoms with E-state index < -0.39 is 30.4 Å². The Labute approximate surface area is 124 Å². The number of hydrogen-bond acceptors (Lipinski definition) is 6. The van der Waals surface area contributed by atoms with E-state index in [-0.39, 0.29) is 24.3 Å². The average Bonchev–Trinajstić information content (AvgIpc) is 2.35. The van der Waals surface area contributed by atoms with Crippen molar-refractivity contribution < 1.29 is 28.6 Å². The highest BCUT2D eigenvalue weighted by Crippen LogP contribution is 2.31. The van der Waals surface area contributed by atoms with Crippen LogP contribution in [0.4, 0.5) is 0 Å². The van der Waals surface area contributed by atoms with Crippen molar-refractivity contribution in [3.8, 4) is 0 Å². The summed E-state index contributed by atoms with van der Waals surface area (Å²) in [5.41, 5.74) is 0. The van der Waals surface area contributed by atoms with E-state index in [9.17, 15) is 14.4 Å². The van der Waals surface area contributed by atoms with Crippen molar-refractivity contribution in [2.75, 3.05) is 6.61 Å². The smallest absolute Gasteiger partial charge is 0.305 e. The summed E-state index contributed by atoms with van der Waals surface area (Å²) in [4.78, 5) is 33.4. The standard InChI is InChI=1S/C14H23NO6/c1-7-8(2)13(15-9(3)16)14(20-11(5)18)21-12(7)6-19-10(4)17/h7-8,12-14H,6H2,1-5H3,(H,15,16)/t7-,8+,12-,13-,14?/m1/s1. The van der Waals surface area contributed by atoms with Gasteiger partial charge in [0.05, 0.1) is 12.1 Å². The van der Waals surface area contributed by atoms with Crippen molar-refractivity contribution >= 4 is 17.8 Å². The zero-order chi connectivity index (χ0) is 16.2. The van der Waals surface area contributed by atoms with Crippen molar-refractivity contribution in [1.82, 2.24) is 5.32 Å². The maximum absolute atomic E-state index is 11.3.